The van der Waals surface area contributed by atoms with Gasteiger partial charge in [-0.1, -0.05) is 13.0 Å². The Hall–Kier alpha value is -1.34. The van der Waals surface area contributed by atoms with Crippen LogP contribution in [0.1, 0.15) is 43.7 Å². The van der Waals surface area contributed by atoms with E-state index in [4.69, 9.17) is 14.2 Å². The molecule has 0 N–H and O–H groups in total. The fourth-order valence-electron chi connectivity index (χ4n) is 3.82. The van der Waals surface area contributed by atoms with Crippen molar-refractivity contribution in [3.63, 3.8) is 0 Å². The molecule has 0 aromatic heterocycles. The maximum absolute atomic E-state index is 14.2. The van der Waals surface area contributed by atoms with E-state index in [1.807, 2.05) is 0 Å². The van der Waals surface area contributed by atoms with Crippen LogP contribution in [0.4, 0.5) is 17.6 Å². The molecule has 2 aliphatic heterocycles. The first-order valence-corrected chi connectivity index (χ1v) is 9.48. The molecule has 4 atom stereocenters. The summed E-state index contributed by atoms with van der Waals surface area (Å²) < 4.78 is 70.2. The van der Waals surface area contributed by atoms with E-state index < -0.39 is 17.6 Å². The van der Waals surface area contributed by atoms with E-state index in [1.54, 1.807) is 0 Å². The summed E-state index contributed by atoms with van der Waals surface area (Å²) in [5.41, 5.74) is -1.43. The molecule has 1 aromatic carbocycles. The zero-order valence-corrected chi connectivity index (χ0v) is 15.7. The quantitative estimate of drug-likeness (QED) is 0.666. The summed E-state index contributed by atoms with van der Waals surface area (Å²) in [5.74, 6) is -0.816. The highest BCUT2D eigenvalue weighted by molar-refractivity contribution is 5.38. The Morgan fingerprint density at radius 2 is 1.85 bits per heavy atom. The largest absolute Gasteiger partial charge is 0.488 e. The highest BCUT2D eigenvalue weighted by Gasteiger charge is 2.37. The summed E-state index contributed by atoms with van der Waals surface area (Å²) >= 11 is 0. The zero-order valence-electron chi connectivity index (χ0n) is 15.7. The van der Waals surface area contributed by atoms with Crippen molar-refractivity contribution >= 4 is 0 Å². The van der Waals surface area contributed by atoms with E-state index in [9.17, 15) is 17.6 Å². The molecule has 2 aliphatic rings. The van der Waals surface area contributed by atoms with Crippen molar-refractivity contribution in [2.24, 2.45) is 11.8 Å². The molecule has 27 heavy (non-hydrogen) atoms. The van der Waals surface area contributed by atoms with E-state index in [1.165, 1.54) is 19.1 Å². The Bertz CT molecular complexity index is 631. The Morgan fingerprint density at radius 3 is 2.44 bits per heavy atom. The number of hydrogen-bond donors (Lipinski definition) is 0. The van der Waals surface area contributed by atoms with Gasteiger partial charge < -0.3 is 14.2 Å². The number of hydrogen-bond acceptors (Lipinski definition) is 3. The number of benzene rings is 1. The highest BCUT2D eigenvalue weighted by Crippen LogP contribution is 2.37. The van der Waals surface area contributed by atoms with Crippen molar-refractivity contribution in [3.8, 4) is 5.75 Å². The van der Waals surface area contributed by atoms with Crippen LogP contribution in [-0.2, 0) is 15.7 Å². The van der Waals surface area contributed by atoms with E-state index >= 15 is 0 Å². The van der Waals surface area contributed by atoms with Crippen LogP contribution in [0.25, 0.3) is 0 Å². The normalized spacial score (nSPS) is 29.6. The van der Waals surface area contributed by atoms with Crippen LogP contribution in [0.15, 0.2) is 12.1 Å². The first kappa shape index (κ1) is 20.4. The average Bonchev–Trinajstić information content (AvgIpc) is 2.61. The maximum Gasteiger partial charge on any atom is 0.419 e. The Morgan fingerprint density at radius 1 is 1.07 bits per heavy atom. The Balaban J connectivity index is 1.52. The van der Waals surface area contributed by atoms with Crippen LogP contribution in [0.3, 0.4) is 0 Å². The second-order valence-corrected chi connectivity index (χ2v) is 7.73. The molecule has 0 radical (unpaired) electrons. The summed E-state index contributed by atoms with van der Waals surface area (Å²) in [5, 5.41) is 0. The lowest BCUT2D eigenvalue weighted by Crippen LogP contribution is -2.39. The van der Waals surface area contributed by atoms with Crippen LogP contribution in [0.5, 0.6) is 5.75 Å². The van der Waals surface area contributed by atoms with Crippen LogP contribution in [0, 0.1) is 24.6 Å². The van der Waals surface area contributed by atoms with Gasteiger partial charge in [-0.25, -0.2) is 4.39 Å². The third-order valence-electron chi connectivity index (χ3n) is 5.49. The van der Waals surface area contributed by atoms with Gasteiger partial charge >= 0.3 is 6.18 Å². The third kappa shape index (κ3) is 4.93. The van der Waals surface area contributed by atoms with Crippen LogP contribution < -0.4 is 4.74 Å². The monoisotopic (exact) mass is 390 g/mol. The number of ether oxygens (including phenoxy) is 3. The predicted molar refractivity (Wildman–Crippen MR) is 92.2 cm³/mol. The van der Waals surface area contributed by atoms with Gasteiger partial charge in [0.2, 0.25) is 0 Å². The lowest BCUT2D eigenvalue weighted by atomic mass is 9.87. The molecule has 0 bridgehead atoms. The summed E-state index contributed by atoms with van der Waals surface area (Å²) in [7, 11) is 0. The number of aryl methyl sites for hydroxylation is 1. The topological polar surface area (TPSA) is 27.7 Å². The number of alkyl halides is 3. The van der Waals surface area contributed by atoms with Gasteiger partial charge in [-0.15, -0.1) is 0 Å². The molecule has 7 heteroatoms. The minimum atomic E-state index is -4.75. The van der Waals surface area contributed by atoms with Crippen molar-refractivity contribution in [1.29, 1.82) is 0 Å². The van der Waals surface area contributed by atoms with Gasteiger partial charge in [0.1, 0.15) is 6.61 Å². The second kappa shape index (κ2) is 8.35. The highest BCUT2D eigenvalue weighted by atomic mass is 19.4. The Labute approximate surface area is 157 Å². The summed E-state index contributed by atoms with van der Waals surface area (Å²) in [6, 6.07) is 2.46. The Kier molecular flexibility index (Phi) is 6.31. The first-order valence-electron chi connectivity index (χ1n) is 9.48. The molecular formula is C20H26F4O3. The summed E-state index contributed by atoms with van der Waals surface area (Å²) in [4.78, 5) is 0. The molecule has 2 fully saturated rings. The SMILES string of the molecule is Cc1ccc(OC[C@@H]2CCC([C@@H]3CCC(C)CO3)CO2)c(F)c1C(F)(F)F. The minimum absolute atomic E-state index is 0.0343. The van der Waals surface area contributed by atoms with Crippen LogP contribution in [0.2, 0.25) is 0 Å². The molecule has 3 rings (SSSR count). The van der Waals surface area contributed by atoms with E-state index in [0.29, 0.717) is 18.4 Å². The number of halogens is 4. The summed E-state index contributed by atoms with van der Waals surface area (Å²) in [6.07, 6.45) is -0.963. The molecule has 0 amide bonds. The van der Waals surface area contributed by atoms with Crippen LogP contribution >= 0.6 is 0 Å². The molecule has 2 saturated heterocycles. The van der Waals surface area contributed by atoms with Gasteiger partial charge in [-0.3, -0.25) is 0 Å². The van der Waals surface area contributed by atoms with Crippen molar-refractivity contribution in [3.05, 3.63) is 29.1 Å². The molecule has 3 nitrogen and oxygen atoms in total. The maximum atomic E-state index is 14.2. The zero-order chi connectivity index (χ0) is 19.6. The van der Waals surface area contributed by atoms with Gasteiger partial charge in [0.15, 0.2) is 11.6 Å². The predicted octanol–water partition coefficient (Wildman–Crippen LogP) is 5.14. The van der Waals surface area contributed by atoms with Gasteiger partial charge in [0.25, 0.3) is 0 Å². The van der Waals surface area contributed by atoms with E-state index in [0.717, 1.165) is 32.3 Å². The molecular weight excluding hydrogens is 364 g/mol. The fraction of sp³-hybridized carbons (Fsp3) is 0.700. The lowest BCUT2D eigenvalue weighted by molar-refractivity contribution is -0.140. The van der Waals surface area contributed by atoms with Gasteiger partial charge in [-0.05, 0) is 50.2 Å². The van der Waals surface area contributed by atoms with E-state index in [2.05, 4.69) is 6.92 Å². The molecule has 0 aliphatic carbocycles. The van der Waals surface area contributed by atoms with E-state index in [-0.39, 0.29) is 30.1 Å². The molecule has 1 aromatic rings. The van der Waals surface area contributed by atoms with Crippen molar-refractivity contribution in [2.45, 2.75) is 57.9 Å². The molecule has 0 spiro atoms. The van der Waals surface area contributed by atoms with Crippen LogP contribution in [-0.4, -0.2) is 32.0 Å². The number of rotatable bonds is 4. The molecule has 152 valence electrons. The molecule has 2 unspecified atom stereocenters. The fourth-order valence-corrected chi connectivity index (χ4v) is 3.82. The standard InChI is InChI=1S/C20H26F4O3/c1-12-3-7-16(26-9-12)14-5-6-15(25-10-14)11-27-17-8-4-13(2)18(19(17)21)20(22,23)24/h4,8,12,14-16H,3,5-7,9-11H2,1-2H3/t12?,14?,15-,16-/m0/s1. The van der Waals surface area contributed by atoms with Gasteiger partial charge in [0.05, 0.1) is 24.4 Å². The lowest BCUT2D eigenvalue weighted by Gasteiger charge is -2.37. The van der Waals surface area contributed by atoms with Crippen molar-refractivity contribution < 1.29 is 31.8 Å². The van der Waals surface area contributed by atoms with Gasteiger partial charge in [0, 0.05) is 12.5 Å². The van der Waals surface area contributed by atoms with Crippen molar-refractivity contribution in [2.75, 3.05) is 19.8 Å². The molecule has 2 heterocycles. The van der Waals surface area contributed by atoms with Crippen molar-refractivity contribution in [1.82, 2.24) is 0 Å². The second-order valence-electron chi connectivity index (χ2n) is 7.73. The van der Waals surface area contributed by atoms with Gasteiger partial charge in [-0.2, -0.15) is 13.2 Å². The first-order chi connectivity index (χ1) is 12.8. The average molecular weight is 390 g/mol. The third-order valence-corrected chi connectivity index (χ3v) is 5.49. The summed E-state index contributed by atoms with van der Waals surface area (Å²) in [6.45, 7) is 4.76. The minimum Gasteiger partial charge on any atom is -0.488 e. The molecule has 0 saturated carbocycles. The smallest absolute Gasteiger partial charge is 0.419 e.